The van der Waals surface area contributed by atoms with Crippen LogP contribution in [0.5, 0.6) is 0 Å². The van der Waals surface area contributed by atoms with Crippen LogP contribution in [-0.2, 0) is 0 Å². The van der Waals surface area contributed by atoms with Crippen LogP contribution in [0.1, 0.15) is 74.8 Å². The van der Waals surface area contributed by atoms with E-state index >= 15 is 0 Å². The minimum Gasteiger partial charge on any atom is -0.357 e. The number of aryl methyl sites for hydroxylation is 1. The largest absolute Gasteiger partial charge is 0.357 e. The molecule has 0 aliphatic carbocycles. The number of aromatic nitrogens is 1. The van der Waals surface area contributed by atoms with Crippen molar-refractivity contribution in [1.82, 2.24) is 9.88 Å². The highest BCUT2D eigenvalue weighted by molar-refractivity contribution is 5.95. The Morgan fingerprint density at radius 1 is 1.19 bits per heavy atom. The van der Waals surface area contributed by atoms with E-state index in [2.05, 4.69) is 18.7 Å². The van der Waals surface area contributed by atoms with Gasteiger partial charge in [-0.3, -0.25) is 4.79 Å². The smallest absolute Gasteiger partial charge is 0.255 e. The third kappa shape index (κ3) is 5.46. The molecule has 146 valence electrons. The highest BCUT2D eigenvalue weighted by Gasteiger charge is 2.23. The summed E-state index contributed by atoms with van der Waals surface area (Å²) in [6.07, 6.45) is 9.33. The highest BCUT2D eigenvalue weighted by atomic mass is 16.2. The number of piperidine rings is 1. The van der Waals surface area contributed by atoms with Gasteiger partial charge in [-0.15, -0.1) is 0 Å². The molecule has 1 aromatic heterocycles. The normalized spacial score (nSPS) is 15.5. The van der Waals surface area contributed by atoms with E-state index in [9.17, 15) is 4.79 Å². The van der Waals surface area contributed by atoms with Gasteiger partial charge in [0.25, 0.3) is 5.91 Å². The van der Waals surface area contributed by atoms with Gasteiger partial charge in [0.15, 0.2) is 0 Å². The molecule has 0 spiro atoms. The van der Waals surface area contributed by atoms with E-state index in [1.807, 2.05) is 19.1 Å². The van der Waals surface area contributed by atoms with E-state index in [4.69, 9.17) is 4.98 Å². The van der Waals surface area contributed by atoms with Crippen LogP contribution >= 0.6 is 0 Å². The number of pyridine rings is 1. The Bertz CT molecular complexity index is 571. The number of rotatable bonds is 8. The molecule has 0 N–H and O–H groups in total. The molecule has 1 saturated heterocycles. The zero-order chi connectivity index (χ0) is 19.1. The van der Waals surface area contributed by atoms with E-state index in [0.717, 1.165) is 36.4 Å². The van der Waals surface area contributed by atoms with Gasteiger partial charge in [-0.2, -0.15) is 0 Å². The number of hydrogen-bond donors (Lipinski definition) is 0. The molecule has 1 amide bonds. The van der Waals surface area contributed by atoms with Gasteiger partial charge in [-0.1, -0.05) is 39.5 Å². The standard InChI is InChI=1S/C22H37N3O/c1-6-8-18(9-7-2)16-19-12-14-25(15-13-19)21-11-10-20(17(3)23-21)22(26)24(4)5/h10-11,18-19H,6-9,12-16H2,1-5H3. The molecule has 0 saturated carbocycles. The van der Waals surface area contributed by atoms with Crippen LogP contribution in [0.2, 0.25) is 0 Å². The predicted molar refractivity (Wildman–Crippen MR) is 110 cm³/mol. The molecular weight excluding hydrogens is 322 g/mol. The Labute approximate surface area is 160 Å². The highest BCUT2D eigenvalue weighted by Crippen LogP contribution is 2.30. The number of nitrogens with zero attached hydrogens (tertiary/aromatic N) is 3. The van der Waals surface area contributed by atoms with Crippen LogP contribution in [0.4, 0.5) is 5.82 Å². The van der Waals surface area contributed by atoms with Crippen LogP contribution in [0.15, 0.2) is 12.1 Å². The van der Waals surface area contributed by atoms with E-state index in [-0.39, 0.29) is 5.91 Å². The first-order valence-corrected chi connectivity index (χ1v) is 10.4. The SMILES string of the molecule is CCCC(CCC)CC1CCN(c2ccc(C(=O)N(C)C)c(C)n2)CC1. The number of anilines is 1. The summed E-state index contributed by atoms with van der Waals surface area (Å²) in [7, 11) is 3.57. The van der Waals surface area contributed by atoms with Crippen LogP contribution in [-0.4, -0.2) is 43.0 Å². The third-order valence-corrected chi connectivity index (χ3v) is 5.71. The monoisotopic (exact) mass is 359 g/mol. The van der Waals surface area contributed by atoms with Gasteiger partial charge in [0, 0.05) is 27.2 Å². The summed E-state index contributed by atoms with van der Waals surface area (Å²) in [6, 6.07) is 3.95. The predicted octanol–water partition coefficient (Wildman–Crippen LogP) is 4.91. The summed E-state index contributed by atoms with van der Waals surface area (Å²) in [5.74, 6) is 2.83. The molecule has 0 bridgehead atoms. The van der Waals surface area contributed by atoms with E-state index in [1.165, 1.54) is 44.9 Å². The number of carbonyl (C=O) groups is 1. The Hall–Kier alpha value is -1.58. The van der Waals surface area contributed by atoms with Crippen molar-refractivity contribution in [2.24, 2.45) is 11.8 Å². The lowest BCUT2D eigenvalue weighted by atomic mass is 9.83. The summed E-state index contributed by atoms with van der Waals surface area (Å²) in [5, 5.41) is 0. The van der Waals surface area contributed by atoms with Crippen molar-refractivity contribution in [1.29, 1.82) is 0 Å². The lowest BCUT2D eigenvalue weighted by molar-refractivity contribution is 0.0826. The number of hydrogen-bond acceptors (Lipinski definition) is 3. The van der Waals surface area contributed by atoms with Crippen LogP contribution in [0, 0.1) is 18.8 Å². The lowest BCUT2D eigenvalue weighted by Gasteiger charge is -2.34. The fourth-order valence-corrected chi connectivity index (χ4v) is 4.26. The second kappa shape index (κ2) is 9.94. The minimum absolute atomic E-state index is 0.0261. The second-order valence-corrected chi connectivity index (χ2v) is 8.11. The van der Waals surface area contributed by atoms with Crippen LogP contribution in [0.25, 0.3) is 0 Å². The molecule has 4 heteroatoms. The summed E-state index contributed by atoms with van der Waals surface area (Å²) >= 11 is 0. The molecule has 2 rings (SSSR count). The average Bonchev–Trinajstić information content (AvgIpc) is 2.62. The average molecular weight is 360 g/mol. The maximum atomic E-state index is 12.2. The van der Waals surface area contributed by atoms with Crippen molar-refractivity contribution >= 4 is 11.7 Å². The van der Waals surface area contributed by atoms with E-state index in [1.54, 1.807) is 19.0 Å². The van der Waals surface area contributed by atoms with E-state index < -0.39 is 0 Å². The number of amides is 1. The quantitative estimate of drug-likeness (QED) is 0.661. The van der Waals surface area contributed by atoms with Crippen molar-refractivity contribution in [2.75, 3.05) is 32.1 Å². The van der Waals surface area contributed by atoms with Crippen molar-refractivity contribution in [3.05, 3.63) is 23.4 Å². The van der Waals surface area contributed by atoms with Gasteiger partial charge in [0.1, 0.15) is 5.82 Å². The zero-order valence-electron chi connectivity index (χ0n) is 17.4. The van der Waals surface area contributed by atoms with Gasteiger partial charge in [-0.25, -0.2) is 4.98 Å². The van der Waals surface area contributed by atoms with Gasteiger partial charge in [0.2, 0.25) is 0 Å². The first-order chi connectivity index (χ1) is 12.5. The molecule has 1 aliphatic rings. The van der Waals surface area contributed by atoms with Gasteiger partial charge >= 0.3 is 0 Å². The Morgan fingerprint density at radius 2 is 1.81 bits per heavy atom. The molecule has 0 unspecified atom stereocenters. The van der Waals surface area contributed by atoms with Crippen molar-refractivity contribution in [2.45, 2.75) is 65.7 Å². The fraction of sp³-hybridized carbons (Fsp3) is 0.727. The fourth-order valence-electron chi connectivity index (χ4n) is 4.26. The summed E-state index contributed by atoms with van der Waals surface area (Å²) in [4.78, 5) is 20.9. The molecule has 0 aromatic carbocycles. The maximum absolute atomic E-state index is 12.2. The molecule has 0 radical (unpaired) electrons. The maximum Gasteiger partial charge on any atom is 0.255 e. The molecule has 1 fully saturated rings. The van der Waals surface area contributed by atoms with E-state index in [0.29, 0.717) is 5.56 Å². The summed E-state index contributed by atoms with van der Waals surface area (Å²) in [6.45, 7) is 8.73. The molecule has 26 heavy (non-hydrogen) atoms. The Kier molecular flexibility index (Phi) is 7.92. The van der Waals surface area contributed by atoms with Crippen molar-refractivity contribution < 1.29 is 4.79 Å². The minimum atomic E-state index is 0.0261. The van der Waals surface area contributed by atoms with Crippen LogP contribution in [0.3, 0.4) is 0 Å². The topological polar surface area (TPSA) is 36.4 Å². The third-order valence-electron chi connectivity index (χ3n) is 5.71. The van der Waals surface area contributed by atoms with Crippen LogP contribution < -0.4 is 4.90 Å². The molecule has 1 aliphatic heterocycles. The first kappa shape index (κ1) is 20.7. The van der Waals surface area contributed by atoms with Gasteiger partial charge in [-0.05, 0) is 50.2 Å². The van der Waals surface area contributed by atoms with Crippen molar-refractivity contribution in [3.63, 3.8) is 0 Å². The van der Waals surface area contributed by atoms with Crippen molar-refractivity contribution in [3.8, 4) is 0 Å². The Balaban J connectivity index is 1.93. The molecule has 0 atom stereocenters. The number of carbonyl (C=O) groups excluding carboxylic acids is 1. The Morgan fingerprint density at radius 3 is 2.31 bits per heavy atom. The molecule has 2 heterocycles. The summed E-state index contributed by atoms with van der Waals surface area (Å²) < 4.78 is 0. The second-order valence-electron chi connectivity index (χ2n) is 8.11. The summed E-state index contributed by atoms with van der Waals surface area (Å²) in [5.41, 5.74) is 1.53. The lowest BCUT2D eigenvalue weighted by Crippen LogP contribution is -2.35. The molecule has 4 nitrogen and oxygen atoms in total. The zero-order valence-corrected chi connectivity index (χ0v) is 17.4. The first-order valence-electron chi connectivity index (χ1n) is 10.4. The molecule has 1 aromatic rings. The van der Waals surface area contributed by atoms with Gasteiger partial charge < -0.3 is 9.80 Å². The van der Waals surface area contributed by atoms with Gasteiger partial charge in [0.05, 0.1) is 11.3 Å². The molecular formula is C22H37N3O.